The Labute approximate surface area is 124 Å². The molecule has 0 aromatic rings. The molecule has 3 rings (SSSR count). The van der Waals surface area contributed by atoms with Crippen LogP contribution in [0.3, 0.4) is 0 Å². The van der Waals surface area contributed by atoms with Crippen LogP contribution in [-0.4, -0.2) is 29.6 Å². The Morgan fingerprint density at radius 1 is 1.29 bits per heavy atom. The van der Waals surface area contributed by atoms with Crippen molar-refractivity contribution in [2.24, 2.45) is 11.8 Å². The van der Waals surface area contributed by atoms with Crippen LogP contribution in [0.4, 0.5) is 0 Å². The fourth-order valence-electron chi connectivity index (χ4n) is 2.94. The summed E-state index contributed by atoms with van der Waals surface area (Å²) in [5, 5.41) is 0.804. The number of hydrogen-bond donors (Lipinski definition) is 0. The van der Waals surface area contributed by atoms with E-state index in [0.29, 0.717) is 5.76 Å². The lowest BCUT2D eigenvalue weighted by molar-refractivity contribution is -0.179. The maximum Gasteiger partial charge on any atom is 0.263 e. The number of fused-ring (bicyclic) bond motifs is 1. The molecule has 1 saturated carbocycles. The largest absolute Gasteiger partial charge is 0.372 e. The molecule has 114 valence electrons. The predicted molar refractivity (Wildman–Crippen MR) is 75.6 cm³/mol. The van der Waals surface area contributed by atoms with Gasteiger partial charge >= 0.3 is 0 Å². The molecule has 3 atom stereocenters. The SMILES string of the molecule is C=C(COC1C/C=C/C2CC2CC1)ON1C(=O)CCC1=O. The van der Waals surface area contributed by atoms with E-state index < -0.39 is 0 Å². The molecule has 0 aromatic heterocycles. The summed E-state index contributed by atoms with van der Waals surface area (Å²) in [5.74, 6) is 1.32. The number of hydrogen-bond acceptors (Lipinski definition) is 4. The van der Waals surface area contributed by atoms with Crippen LogP contribution in [0, 0.1) is 11.8 Å². The molecule has 5 heteroatoms. The zero-order chi connectivity index (χ0) is 14.8. The van der Waals surface area contributed by atoms with Gasteiger partial charge in [-0.05, 0) is 37.5 Å². The number of hydroxylamine groups is 2. The first-order chi connectivity index (χ1) is 10.1. The average Bonchev–Trinajstić information content (AvgIpc) is 3.10. The molecule has 5 nitrogen and oxygen atoms in total. The molecule has 1 saturated heterocycles. The topological polar surface area (TPSA) is 55.8 Å². The van der Waals surface area contributed by atoms with E-state index in [4.69, 9.17) is 9.57 Å². The molecule has 21 heavy (non-hydrogen) atoms. The van der Waals surface area contributed by atoms with Gasteiger partial charge < -0.3 is 9.57 Å². The van der Waals surface area contributed by atoms with Gasteiger partial charge in [0.25, 0.3) is 11.8 Å². The zero-order valence-corrected chi connectivity index (χ0v) is 12.1. The molecule has 1 aliphatic heterocycles. The minimum absolute atomic E-state index is 0.160. The van der Waals surface area contributed by atoms with E-state index >= 15 is 0 Å². The van der Waals surface area contributed by atoms with E-state index in [-0.39, 0.29) is 37.4 Å². The summed E-state index contributed by atoms with van der Waals surface area (Å²) in [6.07, 6.45) is 9.55. The number of imide groups is 1. The van der Waals surface area contributed by atoms with Gasteiger partial charge in [0.15, 0.2) is 5.76 Å². The molecule has 2 aliphatic carbocycles. The van der Waals surface area contributed by atoms with Crippen molar-refractivity contribution in [3.8, 4) is 0 Å². The average molecular weight is 291 g/mol. The van der Waals surface area contributed by atoms with Crippen LogP contribution < -0.4 is 0 Å². The first-order valence-electron chi connectivity index (χ1n) is 7.63. The molecule has 1 heterocycles. The molecule has 0 bridgehead atoms. The number of allylic oxidation sites excluding steroid dienone is 1. The van der Waals surface area contributed by atoms with E-state index in [9.17, 15) is 9.59 Å². The number of ether oxygens (including phenoxy) is 1. The molecule has 3 unspecified atom stereocenters. The second-order valence-corrected chi connectivity index (χ2v) is 6.05. The second kappa shape index (κ2) is 6.02. The Bertz CT molecular complexity index is 469. The van der Waals surface area contributed by atoms with Crippen LogP contribution in [0.2, 0.25) is 0 Å². The van der Waals surface area contributed by atoms with Crippen molar-refractivity contribution < 1.29 is 19.2 Å². The first-order valence-corrected chi connectivity index (χ1v) is 7.63. The normalized spacial score (nSPS) is 33.1. The highest BCUT2D eigenvalue weighted by Gasteiger charge is 2.35. The quantitative estimate of drug-likeness (QED) is 0.443. The van der Waals surface area contributed by atoms with E-state index in [1.54, 1.807) is 0 Å². The van der Waals surface area contributed by atoms with Crippen LogP contribution in [-0.2, 0) is 19.2 Å². The number of carbonyl (C=O) groups excluding carboxylic acids is 2. The van der Waals surface area contributed by atoms with Crippen molar-refractivity contribution in [1.82, 2.24) is 5.06 Å². The van der Waals surface area contributed by atoms with Gasteiger partial charge in [-0.25, -0.2) is 0 Å². The van der Waals surface area contributed by atoms with Crippen LogP contribution in [0.1, 0.15) is 38.5 Å². The monoisotopic (exact) mass is 291 g/mol. The summed E-state index contributed by atoms with van der Waals surface area (Å²) in [6.45, 7) is 3.94. The van der Waals surface area contributed by atoms with Gasteiger partial charge in [-0.15, -0.1) is 5.06 Å². The first kappa shape index (κ1) is 14.3. The van der Waals surface area contributed by atoms with E-state index in [0.717, 1.165) is 29.7 Å². The summed E-state index contributed by atoms with van der Waals surface area (Å²) in [5.41, 5.74) is 0. The highest BCUT2D eigenvalue weighted by molar-refractivity contribution is 6.00. The molecule has 0 aromatic carbocycles. The molecule has 2 fully saturated rings. The Morgan fingerprint density at radius 3 is 2.81 bits per heavy atom. The molecule has 0 N–H and O–H groups in total. The zero-order valence-electron chi connectivity index (χ0n) is 12.1. The lowest BCUT2D eigenvalue weighted by Crippen LogP contribution is -2.30. The number of amides is 2. The number of carbonyl (C=O) groups is 2. The molecule has 3 aliphatic rings. The van der Waals surface area contributed by atoms with Crippen molar-refractivity contribution in [3.05, 3.63) is 24.5 Å². The third-order valence-corrected chi connectivity index (χ3v) is 4.33. The minimum atomic E-state index is -0.310. The fraction of sp³-hybridized carbons (Fsp3) is 0.625. The summed E-state index contributed by atoms with van der Waals surface area (Å²) in [4.78, 5) is 28.1. The van der Waals surface area contributed by atoms with Gasteiger partial charge in [0.2, 0.25) is 0 Å². The van der Waals surface area contributed by atoms with E-state index in [2.05, 4.69) is 18.7 Å². The van der Waals surface area contributed by atoms with Crippen molar-refractivity contribution in [1.29, 1.82) is 0 Å². The molecule has 2 amide bonds. The lowest BCUT2D eigenvalue weighted by Gasteiger charge is -2.20. The number of rotatable bonds is 5. The van der Waals surface area contributed by atoms with Crippen molar-refractivity contribution in [3.63, 3.8) is 0 Å². The van der Waals surface area contributed by atoms with Gasteiger partial charge in [-0.1, -0.05) is 18.7 Å². The van der Waals surface area contributed by atoms with Crippen LogP contribution >= 0.6 is 0 Å². The van der Waals surface area contributed by atoms with Crippen molar-refractivity contribution in [2.75, 3.05) is 6.61 Å². The maximum atomic E-state index is 11.4. The highest BCUT2D eigenvalue weighted by atomic mass is 16.7. The number of nitrogens with zero attached hydrogens (tertiary/aromatic N) is 1. The molecule has 0 spiro atoms. The van der Waals surface area contributed by atoms with Gasteiger partial charge in [0.05, 0.1) is 6.10 Å². The lowest BCUT2D eigenvalue weighted by atomic mass is 10.0. The van der Waals surface area contributed by atoms with Crippen LogP contribution in [0.5, 0.6) is 0 Å². The molecular formula is C16H21NO4. The van der Waals surface area contributed by atoms with E-state index in [1.807, 2.05) is 0 Å². The van der Waals surface area contributed by atoms with Gasteiger partial charge in [0, 0.05) is 12.8 Å². The van der Waals surface area contributed by atoms with Gasteiger partial charge in [-0.3, -0.25) is 9.59 Å². The predicted octanol–water partition coefficient (Wildman–Crippen LogP) is 2.34. The summed E-state index contributed by atoms with van der Waals surface area (Å²) < 4.78 is 5.80. The van der Waals surface area contributed by atoms with E-state index in [1.165, 1.54) is 12.8 Å². The standard InChI is InChI=1S/C16H21NO4/c1-11(21-17-15(18)7-8-16(17)19)10-20-14-4-2-3-12-9-13(12)5-6-14/h2-3,12-14H,1,4-10H2/b3-2+. The summed E-state index contributed by atoms with van der Waals surface area (Å²) >= 11 is 0. The van der Waals surface area contributed by atoms with Crippen molar-refractivity contribution in [2.45, 2.75) is 44.6 Å². The maximum absolute atomic E-state index is 11.4. The summed E-state index contributed by atoms with van der Waals surface area (Å²) in [7, 11) is 0. The Kier molecular flexibility index (Phi) is 4.10. The molecule has 0 radical (unpaired) electrons. The highest BCUT2D eigenvalue weighted by Crippen LogP contribution is 2.44. The van der Waals surface area contributed by atoms with Crippen LogP contribution in [0.25, 0.3) is 0 Å². The second-order valence-electron chi connectivity index (χ2n) is 6.05. The fourth-order valence-corrected chi connectivity index (χ4v) is 2.94. The van der Waals surface area contributed by atoms with Gasteiger partial charge in [-0.2, -0.15) is 0 Å². The third kappa shape index (κ3) is 3.53. The molecular weight excluding hydrogens is 270 g/mol. The Hall–Kier alpha value is -1.62. The summed E-state index contributed by atoms with van der Waals surface area (Å²) in [6, 6.07) is 0. The Morgan fingerprint density at radius 2 is 2.05 bits per heavy atom. The Balaban J connectivity index is 1.42. The smallest absolute Gasteiger partial charge is 0.263 e. The van der Waals surface area contributed by atoms with Crippen LogP contribution in [0.15, 0.2) is 24.5 Å². The van der Waals surface area contributed by atoms with Crippen molar-refractivity contribution >= 4 is 11.8 Å². The third-order valence-electron chi connectivity index (χ3n) is 4.33. The van der Waals surface area contributed by atoms with Gasteiger partial charge in [0.1, 0.15) is 6.61 Å². The minimum Gasteiger partial charge on any atom is -0.372 e.